The maximum Gasteiger partial charge on any atom is 0.387 e. The first-order valence-electron chi connectivity index (χ1n) is 9.48. The maximum absolute atomic E-state index is 12.8. The molecule has 0 atom stereocenters. The minimum Gasteiger partial charge on any atom is -0.495 e. The van der Waals surface area contributed by atoms with E-state index in [-0.39, 0.29) is 34.3 Å². The van der Waals surface area contributed by atoms with E-state index in [2.05, 4.69) is 15.4 Å². The lowest BCUT2D eigenvalue weighted by molar-refractivity contribution is -0.114. The summed E-state index contributed by atoms with van der Waals surface area (Å²) < 4.78 is 61.4. The summed E-state index contributed by atoms with van der Waals surface area (Å²) in [5.41, 5.74) is 0.377. The minimum atomic E-state index is -3.73. The zero-order valence-corrected chi connectivity index (χ0v) is 18.2. The van der Waals surface area contributed by atoms with Crippen LogP contribution in [0.1, 0.15) is 13.8 Å². The molecule has 0 saturated carbocycles. The van der Waals surface area contributed by atoms with E-state index in [1.54, 1.807) is 19.9 Å². The minimum absolute atomic E-state index is 0.0101. The molecule has 0 aliphatic heterocycles. The van der Waals surface area contributed by atoms with Crippen molar-refractivity contribution < 1.29 is 31.5 Å². The first-order chi connectivity index (χ1) is 14.7. The quantitative estimate of drug-likeness (QED) is 0.537. The molecule has 0 spiro atoms. The molecular weight excluding hydrogens is 432 g/mol. The van der Waals surface area contributed by atoms with Gasteiger partial charge in [-0.05, 0) is 30.3 Å². The monoisotopic (exact) mass is 457 g/mol. The number of hydrogen-bond donors (Lipinski definition) is 2. The highest BCUT2D eigenvalue weighted by Gasteiger charge is 2.23. The second kappa shape index (κ2) is 10.9. The number of sulfonamides is 1. The van der Waals surface area contributed by atoms with Crippen LogP contribution in [0, 0.1) is 0 Å². The van der Waals surface area contributed by atoms with Gasteiger partial charge in [-0.1, -0.05) is 26.0 Å². The summed E-state index contributed by atoms with van der Waals surface area (Å²) >= 11 is 0. The topological polar surface area (TPSA) is 97.0 Å². The standard InChI is InChI=1S/C20H25F2N3O5S/c1-4-25(5-2)31(27,28)14-10-11-17(29-3)16(12-14)24-19(26)13-23-15-8-6-7-9-18(15)30-20(21)22/h6-12,20,23H,4-5,13H2,1-3H3,(H,24,26). The lowest BCUT2D eigenvalue weighted by atomic mass is 10.2. The Bertz CT molecular complexity index is 998. The molecule has 0 aromatic heterocycles. The van der Waals surface area contributed by atoms with Crippen LogP contribution in [0.4, 0.5) is 20.2 Å². The van der Waals surface area contributed by atoms with Crippen molar-refractivity contribution in [1.82, 2.24) is 4.31 Å². The fraction of sp³-hybridized carbons (Fsp3) is 0.350. The van der Waals surface area contributed by atoms with Gasteiger partial charge < -0.3 is 20.1 Å². The molecule has 2 rings (SSSR count). The SMILES string of the molecule is CCN(CC)S(=O)(=O)c1ccc(OC)c(NC(=O)CNc2ccccc2OC(F)F)c1. The van der Waals surface area contributed by atoms with Crippen LogP contribution >= 0.6 is 0 Å². The molecule has 2 aromatic carbocycles. The molecule has 31 heavy (non-hydrogen) atoms. The number of hydrogen-bond acceptors (Lipinski definition) is 6. The maximum atomic E-state index is 12.8. The molecule has 11 heteroatoms. The molecule has 0 aliphatic rings. The zero-order valence-electron chi connectivity index (χ0n) is 17.4. The summed E-state index contributed by atoms with van der Waals surface area (Å²) in [4.78, 5) is 12.4. The molecule has 170 valence electrons. The van der Waals surface area contributed by atoms with E-state index < -0.39 is 22.5 Å². The van der Waals surface area contributed by atoms with Crippen molar-refractivity contribution in [3.05, 3.63) is 42.5 Å². The first-order valence-corrected chi connectivity index (χ1v) is 10.9. The number of carbonyl (C=O) groups excluding carboxylic acids is 1. The molecule has 0 heterocycles. The Balaban J connectivity index is 2.18. The van der Waals surface area contributed by atoms with Crippen molar-refractivity contribution in [3.8, 4) is 11.5 Å². The van der Waals surface area contributed by atoms with Crippen LogP contribution in [-0.4, -0.2) is 52.0 Å². The third-order valence-corrected chi connectivity index (χ3v) is 6.38. The number of methoxy groups -OCH3 is 1. The highest BCUT2D eigenvalue weighted by molar-refractivity contribution is 7.89. The van der Waals surface area contributed by atoms with Gasteiger partial charge in [0.25, 0.3) is 0 Å². The molecule has 1 amide bonds. The van der Waals surface area contributed by atoms with Gasteiger partial charge in [0.2, 0.25) is 15.9 Å². The second-order valence-corrected chi connectivity index (χ2v) is 8.17. The molecule has 0 aliphatic carbocycles. The summed E-state index contributed by atoms with van der Waals surface area (Å²) in [6.45, 7) is 0.784. The van der Waals surface area contributed by atoms with Crippen LogP contribution in [0.25, 0.3) is 0 Å². The van der Waals surface area contributed by atoms with Crippen molar-refractivity contribution >= 4 is 27.3 Å². The van der Waals surface area contributed by atoms with Gasteiger partial charge >= 0.3 is 6.61 Å². The van der Waals surface area contributed by atoms with Crippen molar-refractivity contribution in [1.29, 1.82) is 0 Å². The van der Waals surface area contributed by atoms with E-state index in [1.807, 2.05) is 0 Å². The van der Waals surface area contributed by atoms with E-state index in [1.165, 1.54) is 47.8 Å². The number of nitrogens with zero attached hydrogens (tertiary/aromatic N) is 1. The van der Waals surface area contributed by atoms with Gasteiger partial charge in [-0.25, -0.2) is 8.42 Å². The van der Waals surface area contributed by atoms with Crippen LogP contribution in [0.15, 0.2) is 47.4 Å². The molecular formula is C20H25F2N3O5S. The van der Waals surface area contributed by atoms with Crippen LogP contribution in [-0.2, 0) is 14.8 Å². The van der Waals surface area contributed by atoms with Crippen LogP contribution in [0.5, 0.6) is 11.5 Å². The summed E-state index contributed by atoms with van der Waals surface area (Å²) in [6.07, 6.45) is 0. The van der Waals surface area contributed by atoms with Crippen LogP contribution in [0.2, 0.25) is 0 Å². The summed E-state index contributed by atoms with van der Waals surface area (Å²) in [5, 5.41) is 5.30. The average Bonchev–Trinajstić information content (AvgIpc) is 2.73. The lowest BCUT2D eigenvalue weighted by Crippen LogP contribution is -2.30. The van der Waals surface area contributed by atoms with Gasteiger partial charge in [-0.3, -0.25) is 4.79 Å². The van der Waals surface area contributed by atoms with E-state index in [9.17, 15) is 22.0 Å². The Morgan fingerprint density at radius 3 is 2.35 bits per heavy atom. The number of nitrogens with one attached hydrogen (secondary N) is 2. The third-order valence-electron chi connectivity index (χ3n) is 4.33. The fourth-order valence-corrected chi connectivity index (χ4v) is 4.32. The Morgan fingerprint density at radius 1 is 1.06 bits per heavy atom. The lowest BCUT2D eigenvalue weighted by Gasteiger charge is -2.20. The summed E-state index contributed by atoms with van der Waals surface area (Å²) in [6, 6.07) is 10.1. The number of rotatable bonds is 11. The van der Waals surface area contributed by atoms with Crippen molar-refractivity contribution in [2.45, 2.75) is 25.4 Å². The molecule has 8 nitrogen and oxygen atoms in total. The number of carbonyl (C=O) groups is 1. The molecule has 0 fully saturated rings. The highest BCUT2D eigenvalue weighted by Crippen LogP contribution is 2.29. The number of para-hydroxylation sites is 2. The van der Waals surface area contributed by atoms with Crippen LogP contribution in [0.3, 0.4) is 0 Å². The van der Waals surface area contributed by atoms with E-state index in [0.717, 1.165) is 0 Å². The zero-order chi connectivity index (χ0) is 23.0. The molecule has 0 unspecified atom stereocenters. The Hall–Kier alpha value is -2.92. The predicted octanol–water partition coefficient (Wildman–Crippen LogP) is 3.38. The fourth-order valence-electron chi connectivity index (χ4n) is 2.84. The molecule has 0 bridgehead atoms. The Kier molecular flexibility index (Phi) is 8.57. The number of ether oxygens (including phenoxy) is 2. The van der Waals surface area contributed by atoms with Gasteiger partial charge in [0.1, 0.15) is 11.5 Å². The molecule has 2 N–H and O–H groups in total. The van der Waals surface area contributed by atoms with Gasteiger partial charge in [0.15, 0.2) is 0 Å². The van der Waals surface area contributed by atoms with E-state index in [4.69, 9.17) is 4.74 Å². The number of benzene rings is 2. The number of amides is 1. The Labute approximate surface area is 180 Å². The highest BCUT2D eigenvalue weighted by atomic mass is 32.2. The average molecular weight is 457 g/mol. The number of alkyl halides is 2. The molecule has 2 aromatic rings. The Morgan fingerprint density at radius 2 is 1.74 bits per heavy atom. The second-order valence-electron chi connectivity index (χ2n) is 6.23. The molecule has 0 radical (unpaired) electrons. The summed E-state index contributed by atoms with van der Waals surface area (Å²) in [5.74, 6) is -0.369. The van der Waals surface area contributed by atoms with Crippen LogP contribution < -0.4 is 20.1 Å². The largest absolute Gasteiger partial charge is 0.495 e. The van der Waals surface area contributed by atoms with Crippen molar-refractivity contribution in [2.24, 2.45) is 0 Å². The van der Waals surface area contributed by atoms with Gasteiger partial charge in [-0.2, -0.15) is 13.1 Å². The van der Waals surface area contributed by atoms with E-state index in [0.29, 0.717) is 13.1 Å². The molecule has 0 saturated heterocycles. The smallest absolute Gasteiger partial charge is 0.387 e. The van der Waals surface area contributed by atoms with Gasteiger partial charge in [0, 0.05) is 13.1 Å². The normalized spacial score (nSPS) is 11.5. The number of halogens is 2. The third kappa shape index (κ3) is 6.28. The van der Waals surface area contributed by atoms with Crippen molar-refractivity contribution in [3.63, 3.8) is 0 Å². The predicted molar refractivity (Wildman–Crippen MR) is 113 cm³/mol. The van der Waals surface area contributed by atoms with Gasteiger partial charge in [0.05, 0.1) is 29.9 Å². The number of anilines is 2. The first kappa shape index (κ1) is 24.4. The van der Waals surface area contributed by atoms with Crippen molar-refractivity contribution in [2.75, 3.05) is 37.4 Å². The van der Waals surface area contributed by atoms with Gasteiger partial charge in [-0.15, -0.1) is 0 Å². The van der Waals surface area contributed by atoms with E-state index >= 15 is 0 Å². The summed E-state index contributed by atoms with van der Waals surface area (Å²) in [7, 11) is -2.35.